The summed E-state index contributed by atoms with van der Waals surface area (Å²) in [7, 11) is 0. The van der Waals surface area contributed by atoms with E-state index in [2.05, 4.69) is 25.7 Å². The molecule has 21 heavy (non-hydrogen) atoms. The lowest BCUT2D eigenvalue weighted by atomic mass is 9.68. The van der Waals surface area contributed by atoms with Crippen LogP contribution in [0.3, 0.4) is 0 Å². The highest BCUT2D eigenvalue weighted by Crippen LogP contribution is 2.65. The Bertz CT molecular complexity index is 608. The third kappa shape index (κ3) is 1.88. The fourth-order valence-electron chi connectivity index (χ4n) is 4.39. The van der Waals surface area contributed by atoms with Crippen LogP contribution in [-0.2, 0) is 4.79 Å². The highest BCUT2D eigenvalue weighted by atomic mass is 16.2. The lowest BCUT2D eigenvalue weighted by molar-refractivity contribution is -0.123. The van der Waals surface area contributed by atoms with E-state index in [-0.39, 0.29) is 16.7 Å². The Balaban J connectivity index is 1.92. The minimum atomic E-state index is -0.344. The van der Waals surface area contributed by atoms with Crippen molar-refractivity contribution in [3.05, 3.63) is 41.5 Å². The number of para-hydroxylation sites is 1. The van der Waals surface area contributed by atoms with Gasteiger partial charge in [-0.3, -0.25) is 4.79 Å². The van der Waals surface area contributed by atoms with Crippen molar-refractivity contribution in [1.29, 1.82) is 0 Å². The Morgan fingerprint density at radius 1 is 1.29 bits per heavy atom. The average molecular weight is 283 g/mol. The molecule has 2 atom stereocenters. The first-order valence-electron chi connectivity index (χ1n) is 7.86. The first-order valence-corrected chi connectivity index (χ1v) is 7.86. The number of anilines is 1. The summed E-state index contributed by atoms with van der Waals surface area (Å²) < 4.78 is 0. The summed E-state index contributed by atoms with van der Waals surface area (Å²) in [4.78, 5) is 13.0. The standard InChI is InChI=1S/C19H25NO/c1-12-7-6-8-13(2)16(12)20-17(21)19-10-9-15(11-19)18(4,5)14(19)3/h6-8,15H,3,9-11H2,1-2,4-5H3,(H,20,21)/t15-,19-/m1/s1. The minimum Gasteiger partial charge on any atom is -0.325 e. The van der Waals surface area contributed by atoms with E-state index in [9.17, 15) is 4.79 Å². The van der Waals surface area contributed by atoms with Crippen LogP contribution in [0.4, 0.5) is 5.69 Å². The molecular weight excluding hydrogens is 258 g/mol. The number of fused-ring (bicyclic) bond motifs is 2. The summed E-state index contributed by atoms with van der Waals surface area (Å²) in [5.41, 5.74) is 4.10. The van der Waals surface area contributed by atoms with Crippen LogP contribution in [-0.4, -0.2) is 5.91 Å². The molecule has 2 saturated carbocycles. The predicted octanol–water partition coefficient (Wildman–Crippen LogP) is 4.62. The van der Waals surface area contributed by atoms with Gasteiger partial charge in [-0.25, -0.2) is 0 Å². The maximum atomic E-state index is 13.0. The van der Waals surface area contributed by atoms with Crippen molar-refractivity contribution in [2.75, 3.05) is 5.32 Å². The van der Waals surface area contributed by atoms with E-state index in [1.165, 1.54) is 0 Å². The maximum Gasteiger partial charge on any atom is 0.234 e. The molecule has 0 spiro atoms. The average Bonchev–Trinajstić information content (AvgIpc) is 2.94. The number of amides is 1. The summed E-state index contributed by atoms with van der Waals surface area (Å²) in [6, 6.07) is 6.12. The van der Waals surface area contributed by atoms with Crippen LogP contribution in [0.1, 0.15) is 44.2 Å². The fraction of sp³-hybridized carbons (Fsp3) is 0.526. The number of rotatable bonds is 2. The molecule has 0 heterocycles. The van der Waals surface area contributed by atoms with Crippen molar-refractivity contribution in [2.45, 2.75) is 47.0 Å². The van der Waals surface area contributed by atoms with Crippen molar-refractivity contribution in [3.63, 3.8) is 0 Å². The molecule has 0 radical (unpaired) electrons. The molecule has 0 saturated heterocycles. The molecule has 0 aromatic heterocycles. The second-order valence-electron chi connectivity index (χ2n) is 7.44. The van der Waals surface area contributed by atoms with Crippen LogP contribution >= 0.6 is 0 Å². The Labute approximate surface area is 127 Å². The van der Waals surface area contributed by atoms with Gasteiger partial charge < -0.3 is 5.32 Å². The normalized spacial score (nSPS) is 29.7. The van der Waals surface area contributed by atoms with E-state index in [1.54, 1.807) is 0 Å². The van der Waals surface area contributed by atoms with Crippen LogP contribution < -0.4 is 5.32 Å². The molecule has 1 amide bonds. The lowest BCUT2D eigenvalue weighted by Gasteiger charge is -2.37. The molecule has 0 unspecified atom stereocenters. The maximum absolute atomic E-state index is 13.0. The number of carbonyl (C=O) groups excluding carboxylic acids is 1. The van der Waals surface area contributed by atoms with Gasteiger partial charge >= 0.3 is 0 Å². The SMILES string of the molecule is C=C1C(C)(C)[C@@H]2CC[C@@]1(C(=O)Nc1c(C)cccc1C)C2. The van der Waals surface area contributed by atoms with Gasteiger partial charge in [0, 0.05) is 5.69 Å². The molecule has 2 fully saturated rings. The molecule has 112 valence electrons. The van der Waals surface area contributed by atoms with E-state index in [0.29, 0.717) is 5.92 Å². The molecular formula is C19H25NO. The third-order valence-corrected chi connectivity index (χ3v) is 6.04. The van der Waals surface area contributed by atoms with Gasteiger partial charge in [0.15, 0.2) is 0 Å². The number of hydrogen-bond acceptors (Lipinski definition) is 1. The highest BCUT2D eigenvalue weighted by Gasteiger charge is 2.60. The van der Waals surface area contributed by atoms with Crippen molar-refractivity contribution < 1.29 is 4.79 Å². The molecule has 1 aromatic carbocycles. The largest absolute Gasteiger partial charge is 0.325 e. The first-order chi connectivity index (χ1) is 9.79. The van der Waals surface area contributed by atoms with Crippen LogP contribution in [0.5, 0.6) is 0 Å². The molecule has 3 rings (SSSR count). The van der Waals surface area contributed by atoms with Crippen LogP contribution in [0.25, 0.3) is 0 Å². The quantitative estimate of drug-likeness (QED) is 0.788. The smallest absolute Gasteiger partial charge is 0.234 e. The lowest BCUT2D eigenvalue weighted by Crippen LogP contribution is -2.37. The van der Waals surface area contributed by atoms with E-state index in [1.807, 2.05) is 32.0 Å². The molecule has 2 nitrogen and oxygen atoms in total. The van der Waals surface area contributed by atoms with Gasteiger partial charge in [0.1, 0.15) is 0 Å². The molecule has 2 aliphatic carbocycles. The molecule has 0 aliphatic heterocycles. The van der Waals surface area contributed by atoms with E-state index >= 15 is 0 Å². The zero-order valence-corrected chi connectivity index (χ0v) is 13.5. The number of aryl methyl sites for hydroxylation is 2. The predicted molar refractivity (Wildman–Crippen MR) is 87.2 cm³/mol. The van der Waals surface area contributed by atoms with Gasteiger partial charge in [-0.15, -0.1) is 0 Å². The van der Waals surface area contributed by atoms with Crippen molar-refractivity contribution in [3.8, 4) is 0 Å². The van der Waals surface area contributed by atoms with Crippen molar-refractivity contribution in [2.24, 2.45) is 16.7 Å². The molecule has 2 heteroatoms. The Kier molecular flexibility index (Phi) is 3.05. The number of hydrogen-bond donors (Lipinski definition) is 1. The molecule has 2 bridgehead atoms. The summed E-state index contributed by atoms with van der Waals surface area (Å²) >= 11 is 0. The minimum absolute atomic E-state index is 0.0936. The van der Waals surface area contributed by atoms with Gasteiger partial charge in [-0.05, 0) is 55.6 Å². The summed E-state index contributed by atoms with van der Waals surface area (Å²) in [5, 5.41) is 3.21. The molecule has 2 aliphatic rings. The van der Waals surface area contributed by atoms with Crippen LogP contribution in [0, 0.1) is 30.6 Å². The number of benzene rings is 1. The second kappa shape index (κ2) is 4.46. The van der Waals surface area contributed by atoms with E-state index < -0.39 is 0 Å². The summed E-state index contributed by atoms with van der Waals surface area (Å²) in [6.45, 7) is 12.9. The van der Waals surface area contributed by atoms with E-state index in [4.69, 9.17) is 0 Å². The Morgan fingerprint density at radius 3 is 2.43 bits per heavy atom. The van der Waals surface area contributed by atoms with Gasteiger partial charge in [0.2, 0.25) is 5.91 Å². The van der Waals surface area contributed by atoms with Crippen molar-refractivity contribution in [1.82, 2.24) is 0 Å². The zero-order chi connectivity index (χ0) is 15.4. The number of carbonyl (C=O) groups is 1. The van der Waals surface area contributed by atoms with Crippen LogP contribution in [0.2, 0.25) is 0 Å². The van der Waals surface area contributed by atoms with Gasteiger partial charge in [0.25, 0.3) is 0 Å². The van der Waals surface area contributed by atoms with E-state index in [0.717, 1.165) is 41.6 Å². The first kappa shape index (κ1) is 14.4. The summed E-state index contributed by atoms with van der Waals surface area (Å²) in [5.74, 6) is 0.756. The topological polar surface area (TPSA) is 29.1 Å². The van der Waals surface area contributed by atoms with Crippen LogP contribution in [0.15, 0.2) is 30.4 Å². The monoisotopic (exact) mass is 283 g/mol. The zero-order valence-electron chi connectivity index (χ0n) is 13.5. The van der Waals surface area contributed by atoms with Gasteiger partial charge in [-0.1, -0.05) is 44.2 Å². The fourth-order valence-corrected chi connectivity index (χ4v) is 4.39. The number of nitrogens with one attached hydrogen (secondary N) is 1. The summed E-state index contributed by atoms with van der Waals surface area (Å²) in [6.07, 6.45) is 3.07. The Morgan fingerprint density at radius 2 is 1.90 bits per heavy atom. The van der Waals surface area contributed by atoms with Crippen molar-refractivity contribution >= 4 is 11.6 Å². The highest BCUT2D eigenvalue weighted by molar-refractivity contribution is 5.99. The van der Waals surface area contributed by atoms with Gasteiger partial charge in [-0.2, -0.15) is 0 Å². The Hall–Kier alpha value is -1.57. The second-order valence-corrected chi connectivity index (χ2v) is 7.44. The third-order valence-electron chi connectivity index (χ3n) is 6.04. The van der Waals surface area contributed by atoms with Gasteiger partial charge in [0.05, 0.1) is 5.41 Å². The molecule has 1 aromatic rings. The molecule has 1 N–H and O–H groups in total.